The third kappa shape index (κ3) is 2.19. The predicted octanol–water partition coefficient (Wildman–Crippen LogP) is 3.89. The van der Waals surface area contributed by atoms with E-state index in [-0.39, 0.29) is 5.69 Å². The van der Waals surface area contributed by atoms with Crippen LogP contribution in [0.25, 0.3) is 11.6 Å². The van der Waals surface area contributed by atoms with Gasteiger partial charge in [0.05, 0.1) is 4.92 Å². The number of nitro benzene ring substituents is 1. The van der Waals surface area contributed by atoms with Gasteiger partial charge in [-0.1, -0.05) is 42.5 Å². The van der Waals surface area contributed by atoms with Crippen LogP contribution >= 0.6 is 12.2 Å². The van der Waals surface area contributed by atoms with Gasteiger partial charge in [-0.3, -0.25) is 10.1 Å². The summed E-state index contributed by atoms with van der Waals surface area (Å²) in [5.74, 6) is 0. The number of nitrogens with zero attached hydrogens (tertiary/aromatic N) is 1. The van der Waals surface area contributed by atoms with Crippen molar-refractivity contribution < 1.29 is 4.92 Å². The summed E-state index contributed by atoms with van der Waals surface area (Å²) in [6, 6.07) is 14.3. The molecule has 0 amide bonds. The Balaban J connectivity index is 2.07. The molecule has 0 fully saturated rings. The highest BCUT2D eigenvalue weighted by atomic mass is 32.1. The number of rotatable bonds is 2. The highest BCUT2D eigenvalue weighted by Gasteiger charge is 2.20. The minimum absolute atomic E-state index is 0.0736. The van der Waals surface area contributed by atoms with Gasteiger partial charge in [0.25, 0.3) is 5.69 Å². The fraction of sp³-hybridized carbons (Fsp3) is 0. The number of anilines is 1. The quantitative estimate of drug-likeness (QED) is 0.393. The largest absolute Gasteiger partial charge is 0.346 e. The van der Waals surface area contributed by atoms with E-state index in [9.17, 15) is 10.1 Å². The Kier molecular flexibility index (Phi) is 3.04. The Hall–Kier alpha value is -2.53. The zero-order valence-corrected chi connectivity index (χ0v) is 11.2. The second-order valence-corrected chi connectivity index (χ2v) is 4.82. The van der Waals surface area contributed by atoms with Gasteiger partial charge in [-0.25, -0.2) is 0 Å². The first-order chi connectivity index (χ1) is 9.65. The maximum absolute atomic E-state index is 10.8. The standard InChI is InChI=1S/C15H10N2O2S/c18-17(19)11-5-3-4-10(8-11)9-13-12-6-1-2-7-14(12)16-15(13)20/h1-9H,(H,16,20)/b13-9-. The van der Waals surface area contributed by atoms with Crippen LogP contribution in [0.2, 0.25) is 0 Å². The van der Waals surface area contributed by atoms with Crippen molar-refractivity contribution in [1.82, 2.24) is 0 Å². The summed E-state index contributed by atoms with van der Waals surface area (Å²) in [6.07, 6.45) is 1.87. The molecule has 0 spiro atoms. The number of para-hydroxylation sites is 1. The summed E-state index contributed by atoms with van der Waals surface area (Å²) < 4.78 is 0. The first-order valence-electron chi connectivity index (χ1n) is 6.02. The summed E-state index contributed by atoms with van der Waals surface area (Å²) in [6.45, 7) is 0. The SMILES string of the molecule is O=[N+]([O-])c1cccc(/C=C2\C(=S)Nc3ccccc32)c1. The molecule has 2 aromatic carbocycles. The van der Waals surface area contributed by atoms with E-state index in [2.05, 4.69) is 5.32 Å². The normalized spacial score (nSPS) is 15.0. The molecule has 1 aliphatic heterocycles. The molecule has 5 heteroatoms. The molecule has 3 rings (SSSR count). The van der Waals surface area contributed by atoms with Gasteiger partial charge >= 0.3 is 0 Å². The highest BCUT2D eigenvalue weighted by Crippen LogP contribution is 2.33. The van der Waals surface area contributed by atoms with Crippen LogP contribution < -0.4 is 5.32 Å². The van der Waals surface area contributed by atoms with E-state index in [1.165, 1.54) is 12.1 Å². The minimum Gasteiger partial charge on any atom is -0.346 e. The van der Waals surface area contributed by atoms with Crippen LogP contribution in [0.15, 0.2) is 48.5 Å². The molecule has 1 heterocycles. The van der Waals surface area contributed by atoms with Gasteiger partial charge in [-0.2, -0.15) is 0 Å². The van der Waals surface area contributed by atoms with E-state index in [1.54, 1.807) is 6.07 Å². The first-order valence-corrected chi connectivity index (χ1v) is 6.43. The smallest absolute Gasteiger partial charge is 0.270 e. The molecule has 0 saturated heterocycles. The van der Waals surface area contributed by atoms with Crippen LogP contribution in [0.1, 0.15) is 11.1 Å². The maximum Gasteiger partial charge on any atom is 0.270 e. The van der Waals surface area contributed by atoms with E-state index in [0.717, 1.165) is 22.4 Å². The number of nitrogens with one attached hydrogen (secondary N) is 1. The number of nitro groups is 1. The van der Waals surface area contributed by atoms with Crippen molar-refractivity contribution in [2.75, 3.05) is 5.32 Å². The molecule has 0 saturated carbocycles. The Labute approximate surface area is 120 Å². The van der Waals surface area contributed by atoms with Crippen molar-refractivity contribution in [3.05, 3.63) is 69.8 Å². The summed E-state index contributed by atoms with van der Waals surface area (Å²) >= 11 is 5.32. The molecule has 0 bridgehead atoms. The van der Waals surface area contributed by atoms with Crippen LogP contribution in [0.4, 0.5) is 11.4 Å². The van der Waals surface area contributed by atoms with Crippen LogP contribution in [0.5, 0.6) is 0 Å². The molecule has 1 aliphatic rings. The Morgan fingerprint density at radius 1 is 1.15 bits per heavy atom. The Morgan fingerprint density at radius 3 is 2.75 bits per heavy atom. The van der Waals surface area contributed by atoms with Crippen LogP contribution in [0, 0.1) is 10.1 Å². The lowest BCUT2D eigenvalue weighted by Gasteiger charge is -2.00. The van der Waals surface area contributed by atoms with Crippen molar-refractivity contribution in [2.24, 2.45) is 0 Å². The fourth-order valence-electron chi connectivity index (χ4n) is 2.18. The van der Waals surface area contributed by atoms with Gasteiger partial charge in [-0.05, 0) is 17.7 Å². The molecule has 98 valence electrons. The summed E-state index contributed by atoms with van der Waals surface area (Å²) in [5.41, 5.74) is 3.70. The first kappa shape index (κ1) is 12.5. The van der Waals surface area contributed by atoms with Crippen LogP contribution in [-0.4, -0.2) is 9.91 Å². The van der Waals surface area contributed by atoms with Gasteiger partial charge < -0.3 is 5.32 Å². The molecular weight excluding hydrogens is 272 g/mol. The third-order valence-corrected chi connectivity index (χ3v) is 3.42. The number of benzene rings is 2. The molecule has 0 unspecified atom stereocenters. The van der Waals surface area contributed by atoms with Gasteiger partial charge in [0, 0.05) is 29.0 Å². The molecule has 2 aromatic rings. The van der Waals surface area contributed by atoms with Crippen molar-refractivity contribution >= 4 is 40.2 Å². The van der Waals surface area contributed by atoms with Crippen molar-refractivity contribution in [3.8, 4) is 0 Å². The number of thiocarbonyl (C=S) groups is 1. The molecule has 20 heavy (non-hydrogen) atoms. The lowest BCUT2D eigenvalue weighted by molar-refractivity contribution is -0.384. The monoisotopic (exact) mass is 282 g/mol. The van der Waals surface area contributed by atoms with Gasteiger partial charge in [-0.15, -0.1) is 0 Å². The molecule has 4 nitrogen and oxygen atoms in total. The van der Waals surface area contributed by atoms with E-state index in [0.29, 0.717) is 4.99 Å². The van der Waals surface area contributed by atoms with E-state index in [4.69, 9.17) is 12.2 Å². The molecule has 0 aliphatic carbocycles. The van der Waals surface area contributed by atoms with E-state index >= 15 is 0 Å². The zero-order chi connectivity index (χ0) is 14.1. The van der Waals surface area contributed by atoms with Crippen molar-refractivity contribution in [2.45, 2.75) is 0 Å². The van der Waals surface area contributed by atoms with Crippen LogP contribution in [0.3, 0.4) is 0 Å². The Morgan fingerprint density at radius 2 is 1.95 bits per heavy atom. The predicted molar refractivity (Wildman–Crippen MR) is 83.6 cm³/mol. The Bertz CT molecular complexity index is 753. The molecule has 1 N–H and O–H groups in total. The topological polar surface area (TPSA) is 55.2 Å². The molecule has 0 atom stereocenters. The number of hydrogen-bond donors (Lipinski definition) is 1. The van der Waals surface area contributed by atoms with Gasteiger partial charge in [0.15, 0.2) is 0 Å². The number of fused-ring (bicyclic) bond motifs is 1. The molecule has 0 radical (unpaired) electrons. The summed E-state index contributed by atoms with van der Waals surface area (Å²) in [5, 5.41) is 13.9. The number of non-ortho nitro benzene ring substituents is 1. The summed E-state index contributed by atoms with van der Waals surface area (Å²) in [4.78, 5) is 11.0. The highest BCUT2D eigenvalue weighted by molar-refractivity contribution is 7.81. The lowest BCUT2D eigenvalue weighted by atomic mass is 10.0. The summed E-state index contributed by atoms with van der Waals surface area (Å²) in [7, 11) is 0. The molecule has 0 aromatic heterocycles. The van der Waals surface area contributed by atoms with E-state index < -0.39 is 4.92 Å². The van der Waals surface area contributed by atoms with Crippen LogP contribution in [-0.2, 0) is 0 Å². The minimum atomic E-state index is -0.402. The average molecular weight is 282 g/mol. The average Bonchev–Trinajstić information content (AvgIpc) is 2.76. The second-order valence-electron chi connectivity index (χ2n) is 4.41. The van der Waals surface area contributed by atoms with Crippen molar-refractivity contribution in [1.29, 1.82) is 0 Å². The van der Waals surface area contributed by atoms with Gasteiger partial charge in [0.1, 0.15) is 4.99 Å². The van der Waals surface area contributed by atoms with E-state index in [1.807, 2.05) is 36.4 Å². The zero-order valence-electron chi connectivity index (χ0n) is 10.4. The number of hydrogen-bond acceptors (Lipinski definition) is 3. The van der Waals surface area contributed by atoms with Crippen molar-refractivity contribution in [3.63, 3.8) is 0 Å². The maximum atomic E-state index is 10.8. The second kappa shape index (κ2) is 4.86. The lowest BCUT2D eigenvalue weighted by Crippen LogP contribution is -2.00. The molecular formula is C15H10N2O2S. The fourth-order valence-corrected chi connectivity index (χ4v) is 2.46. The third-order valence-electron chi connectivity index (χ3n) is 3.10. The van der Waals surface area contributed by atoms with Gasteiger partial charge in [0.2, 0.25) is 0 Å².